The summed E-state index contributed by atoms with van der Waals surface area (Å²) in [5, 5.41) is 2.90. The van der Waals surface area contributed by atoms with E-state index in [2.05, 4.69) is 28.2 Å². The van der Waals surface area contributed by atoms with Crippen LogP contribution in [0.4, 0.5) is 0 Å². The predicted molar refractivity (Wildman–Crippen MR) is 68.0 cm³/mol. The molecule has 4 heteroatoms. The molecule has 90 valence electrons. The molecule has 1 N–H and O–H groups in total. The minimum absolute atomic E-state index is 0.0344. The quantitative estimate of drug-likeness (QED) is 0.645. The van der Waals surface area contributed by atoms with Crippen LogP contribution in [0.25, 0.3) is 0 Å². The van der Waals surface area contributed by atoms with Gasteiger partial charge in [-0.1, -0.05) is 29.8 Å². The molecule has 1 aromatic heterocycles. The van der Waals surface area contributed by atoms with Crippen molar-refractivity contribution in [2.24, 2.45) is 0 Å². The molecule has 3 nitrogen and oxygen atoms in total. The van der Waals surface area contributed by atoms with Gasteiger partial charge in [-0.05, 0) is 18.9 Å². The van der Waals surface area contributed by atoms with Crippen LogP contribution < -0.4 is 5.32 Å². The molecule has 1 atom stereocenters. The smallest absolute Gasteiger partial charge is 0.254 e. The molecule has 0 fully saturated rings. The third-order valence-corrected chi connectivity index (χ3v) is 2.83. The van der Waals surface area contributed by atoms with E-state index in [0.717, 1.165) is 25.0 Å². The van der Waals surface area contributed by atoms with E-state index in [0.29, 0.717) is 16.9 Å². The van der Waals surface area contributed by atoms with Gasteiger partial charge in [0.15, 0.2) is 0 Å². The Balaban J connectivity index is 2.35. The Labute approximate surface area is 105 Å². The molecule has 0 aromatic carbocycles. The van der Waals surface area contributed by atoms with Crippen LogP contribution >= 0.6 is 15.9 Å². The number of rotatable bonds is 6. The highest BCUT2D eigenvalue weighted by Crippen LogP contribution is 2.11. The number of amides is 1. The first-order valence-corrected chi connectivity index (χ1v) is 6.55. The third-order valence-electron chi connectivity index (χ3n) is 2.38. The molecule has 16 heavy (non-hydrogen) atoms. The van der Waals surface area contributed by atoms with Crippen LogP contribution in [0.15, 0.2) is 16.7 Å². The van der Waals surface area contributed by atoms with Crippen LogP contribution in [-0.2, 0) is 6.42 Å². The van der Waals surface area contributed by atoms with Crippen LogP contribution in [-0.4, -0.2) is 17.3 Å². The van der Waals surface area contributed by atoms with Crippen molar-refractivity contribution >= 4 is 21.8 Å². The van der Waals surface area contributed by atoms with Crippen molar-refractivity contribution in [3.63, 3.8) is 0 Å². The van der Waals surface area contributed by atoms with Crippen LogP contribution in [0.2, 0.25) is 0 Å². The molecule has 1 aromatic rings. The summed E-state index contributed by atoms with van der Waals surface area (Å²) in [5.74, 6) is 0.721. The number of alkyl halides is 1. The molecule has 0 radical (unpaired) electrons. The zero-order chi connectivity index (χ0) is 12.0. The molecule has 1 unspecified atom stereocenters. The Bertz CT molecular complexity index is 334. The van der Waals surface area contributed by atoms with E-state index < -0.39 is 0 Å². The van der Waals surface area contributed by atoms with Crippen LogP contribution in [0.1, 0.15) is 42.8 Å². The highest BCUT2D eigenvalue weighted by Gasteiger charge is 2.12. The van der Waals surface area contributed by atoms with Gasteiger partial charge in [0.05, 0.1) is 11.8 Å². The van der Waals surface area contributed by atoms with Gasteiger partial charge in [0.25, 0.3) is 5.91 Å². The zero-order valence-electron chi connectivity index (χ0n) is 9.75. The van der Waals surface area contributed by atoms with E-state index >= 15 is 0 Å². The Kier molecular flexibility index (Phi) is 5.60. The first-order chi connectivity index (χ1) is 7.65. The molecule has 0 saturated carbocycles. The lowest BCUT2D eigenvalue weighted by molar-refractivity contribution is 0.0951. The van der Waals surface area contributed by atoms with Crippen molar-refractivity contribution < 1.29 is 9.21 Å². The molecule has 0 aliphatic carbocycles. The van der Waals surface area contributed by atoms with Gasteiger partial charge in [-0.25, -0.2) is 0 Å². The molecular formula is C12H18BrNO2. The standard InChI is InChI=1S/C12H18BrNO2/c1-3-11-10(6-8-16-11)12(15)14-7-4-5-9(2)13/h6,8-9H,3-5,7H2,1-2H3,(H,14,15). The number of carbonyl (C=O) groups is 1. The fourth-order valence-corrected chi connectivity index (χ4v) is 1.82. The zero-order valence-corrected chi connectivity index (χ0v) is 11.3. The molecule has 1 heterocycles. The van der Waals surface area contributed by atoms with Crippen molar-refractivity contribution in [2.45, 2.75) is 37.9 Å². The summed E-state index contributed by atoms with van der Waals surface area (Å²) in [6, 6.07) is 1.72. The molecule has 0 saturated heterocycles. The second-order valence-electron chi connectivity index (χ2n) is 3.79. The average Bonchev–Trinajstić information content (AvgIpc) is 2.71. The summed E-state index contributed by atoms with van der Waals surface area (Å²) in [6.07, 6.45) is 4.35. The van der Waals surface area contributed by atoms with Crippen molar-refractivity contribution in [3.8, 4) is 0 Å². The second-order valence-corrected chi connectivity index (χ2v) is 5.35. The summed E-state index contributed by atoms with van der Waals surface area (Å²) in [6.45, 7) is 4.79. The van der Waals surface area contributed by atoms with E-state index in [-0.39, 0.29) is 5.91 Å². The fourth-order valence-electron chi connectivity index (χ4n) is 1.50. The fraction of sp³-hybridized carbons (Fsp3) is 0.583. The molecule has 0 aliphatic heterocycles. The summed E-state index contributed by atoms with van der Waals surface area (Å²) < 4.78 is 5.21. The Morgan fingerprint density at radius 3 is 3.00 bits per heavy atom. The van der Waals surface area contributed by atoms with Crippen molar-refractivity contribution in [2.75, 3.05) is 6.54 Å². The largest absolute Gasteiger partial charge is 0.469 e. The monoisotopic (exact) mass is 287 g/mol. The van der Waals surface area contributed by atoms with Crippen LogP contribution in [0.3, 0.4) is 0 Å². The van der Waals surface area contributed by atoms with Crippen molar-refractivity contribution in [1.29, 1.82) is 0 Å². The minimum atomic E-state index is -0.0344. The number of hydrogen-bond donors (Lipinski definition) is 1. The molecule has 1 rings (SSSR count). The van der Waals surface area contributed by atoms with Gasteiger partial charge in [0, 0.05) is 17.8 Å². The van der Waals surface area contributed by atoms with Crippen molar-refractivity contribution in [3.05, 3.63) is 23.7 Å². The van der Waals surface area contributed by atoms with Crippen molar-refractivity contribution in [1.82, 2.24) is 5.32 Å². The first-order valence-electron chi connectivity index (χ1n) is 5.63. The second kappa shape index (κ2) is 6.74. The Hall–Kier alpha value is -0.770. The number of carbonyl (C=O) groups excluding carboxylic acids is 1. The maximum absolute atomic E-state index is 11.7. The normalized spacial score (nSPS) is 12.4. The topological polar surface area (TPSA) is 42.2 Å². The minimum Gasteiger partial charge on any atom is -0.469 e. The van der Waals surface area contributed by atoms with E-state index in [4.69, 9.17) is 4.42 Å². The maximum Gasteiger partial charge on any atom is 0.254 e. The highest BCUT2D eigenvalue weighted by atomic mass is 79.9. The lowest BCUT2D eigenvalue weighted by Gasteiger charge is -2.05. The maximum atomic E-state index is 11.7. The Morgan fingerprint density at radius 2 is 2.38 bits per heavy atom. The molecule has 0 bridgehead atoms. The summed E-state index contributed by atoms with van der Waals surface area (Å²) in [4.78, 5) is 12.3. The molecule has 0 aliphatic rings. The average molecular weight is 288 g/mol. The summed E-state index contributed by atoms with van der Waals surface area (Å²) >= 11 is 3.48. The molecule has 0 spiro atoms. The van der Waals surface area contributed by atoms with Gasteiger partial charge < -0.3 is 9.73 Å². The number of halogens is 1. The summed E-state index contributed by atoms with van der Waals surface area (Å²) in [7, 11) is 0. The molecule has 1 amide bonds. The van der Waals surface area contributed by atoms with E-state index in [1.807, 2.05) is 6.92 Å². The van der Waals surface area contributed by atoms with Crippen LogP contribution in [0.5, 0.6) is 0 Å². The number of nitrogens with one attached hydrogen (secondary N) is 1. The van der Waals surface area contributed by atoms with E-state index in [1.54, 1.807) is 12.3 Å². The number of furan rings is 1. The molecular weight excluding hydrogens is 270 g/mol. The van der Waals surface area contributed by atoms with Gasteiger partial charge in [-0.2, -0.15) is 0 Å². The first kappa shape index (κ1) is 13.3. The van der Waals surface area contributed by atoms with Gasteiger partial charge in [-0.15, -0.1) is 0 Å². The van der Waals surface area contributed by atoms with Gasteiger partial charge in [0.1, 0.15) is 5.76 Å². The SMILES string of the molecule is CCc1occc1C(=O)NCCCC(C)Br. The van der Waals surface area contributed by atoms with E-state index in [1.165, 1.54) is 0 Å². The van der Waals surface area contributed by atoms with Crippen LogP contribution in [0, 0.1) is 0 Å². The van der Waals surface area contributed by atoms with Gasteiger partial charge >= 0.3 is 0 Å². The predicted octanol–water partition coefficient (Wildman–Crippen LogP) is 3.14. The summed E-state index contributed by atoms with van der Waals surface area (Å²) in [5.41, 5.74) is 0.661. The number of hydrogen-bond acceptors (Lipinski definition) is 2. The van der Waals surface area contributed by atoms with Gasteiger partial charge in [0.2, 0.25) is 0 Å². The third kappa shape index (κ3) is 4.00. The lowest BCUT2D eigenvalue weighted by Crippen LogP contribution is -2.25. The Morgan fingerprint density at radius 1 is 1.62 bits per heavy atom. The highest BCUT2D eigenvalue weighted by molar-refractivity contribution is 9.09. The van der Waals surface area contributed by atoms with Gasteiger partial charge in [-0.3, -0.25) is 4.79 Å². The number of aryl methyl sites for hydroxylation is 1. The van der Waals surface area contributed by atoms with E-state index in [9.17, 15) is 4.79 Å². The lowest BCUT2D eigenvalue weighted by atomic mass is 10.2.